The van der Waals surface area contributed by atoms with Gasteiger partial charge in [-0.1, -0.05) is 0 Å². The van der Waals surface area contributed by atoms with Crippen LogP contribution in [0.25, 0.3) is 9.40 Å². The zero-order valence-corrected chi connectivity index (χ0v) is 10.7. The van der Waals surface area contributed by atoms with E-state index in [1.54, 1.807) is 0 Å². The maximum Gasteiger partial charge on any atom is 0.339 e. The second-order valence-electron chi connectivity index (χ2n) is 3.68. The lowest BCUT2D eigenvalue weighted by atomic mass is 10.2. The van der Waals surface area contributed by atoms with Crippen LogP contribution in [0.4, 0.5) is 0 Å². The van der Waals surface area contributed by atoms with E-state index in [0.717, 1.165) is 14.3 Å². The molecular weight excluding hydrogens is 244 g/mol. The summed E-state index contributed by atoms with van der Waals surface area (Å²) in [6.07, 6.45) is -0.113. The van der Waals surface area contributed by atoms with Crippen LogP contribution in [0.3, 0.4) is 0 Å². The van der Waals surface area contributed by atoms with Crippen LogP contribution < -0.4 is 0 Å². The lowest BCUT2D eigenvalue weighted by molar-refractivity contribution is 0.0381. The molecule has 2 heterocycles. The van der Waals surface area contributed by atoms with Crippen molar-refractivity contribution >= 4 is 38.0 Å². The van der Waals surface area contributed by atoms with Crippen molar-refractivity contribution in [3.63, 3.8) is 0 Å². The van der Waals surface area contributed by atoms with Gasteiger partial charge in [0.2, 0.25) is 0 Å². The topological polar surface area (TPSA) is 46.5 Å². The van der Waals surface area contributed by atoms with Crippen molar-refractivity contribution in [1.29, 1.82) is 0 Å². The molecule has 0 spiro atoms. The first-order chi connectivity index (χ1) is 7.61. The summed E-state index contributed by atoms with van der Waals surface area (Å²) in [4.78, 5) is 12.6. The number of ether oxygens (including phenoxy) is 1. The van der Waals surface area contributed by atoms with Gasteiger partial charge in [-0.3, -0.25) is 0 Å². The Balaban J connectivity index is 2.36. The summed E-state index contributed by atoms with van der Waals surface area (Å²) in [7, 11) is 0. The first kappa shape index (κ1) is 11.6. The standard InChI is InChI=1S/C11H12O3S2/c1-6(2)14-10(13)9-5-15-11-8(9)3-7(4-12)16-11/h3,5-6,12H,4H2,1-2H3. The van der Waals surface area contributed by atoms with Crippen LogP contribution >= 0.6 is 22.7 Å². The molecule has 16 heavy (non-hydrogen) atoms. The van der Waals surface area contributed by atoms with Crippen molar-refractivity contribution in [3.8, 4) is 0 Å². The molecule has 0 bridgehead atoms. The van der Waals surface area contributed by atoms with Gasteiger partial charge in [0.05, 0.1) is 22.3 Å². The monoisotopic (exact) mass is 256 g/mol. The predicted molar refractivity (Wildman–Crippen MR) is 66.2 cm³/mol. The highest BCUT2D eigenvalue weighted by Gasteiger charge is 2.16. The highest BCUT2D eigenvalue weighted by atomic mass is 32.2. The molecular formula is C11H12O3S2. The van der Waals surface area contributed by atoms with Crippen LogP contribution in [-0.4, -0.2) is 17.2 Å². The number of hydrogen-bond acceptors (Lipinski definition) is 5. The highest BCUT2D eigenvalue weighted by Crippen LogP contribution is 2.34. The molecule has 0 amide bonds. The summed E-state index contributed by atoms with van der Waals surface area (Å²) in [5.74, 6) is -0.288. The van der Waals surface area contributed by atoms with Gasteiger partial charge in [-0.2, -0.15) is 0 Å². The van der Waals surface area contributed by atoms with Gasteiger partial charge in [0.15, 0.2) is 0 Å². The molecule has 0 aliphatic heterocycles. The zero-order chi connectivity index (χ0) is 11.7. The van der Waals surface area contributed by atoms with Gasteiger partial charge in [-0.05, 0) is 19.9 Å². The average molecular weight is 256 g/mol. The fourth-order valence-corrected chi connectivity index (χ4v) is 3.55. The predicted octanol–water partition coefficient (Wildman–Crippen LogP) is 3.02. The van der Waals surface area contributed by atoms with Crippen molar-refractivity contribution in [2.24, 2.45) is 0 Å². The molecule has 0 fully saturated rings. The van der Waals surface area contributed by atoms with Crippen LogP contribution in [0.2, 0.25) is 0 Å². The molecule has 0 radical (unpaired) electrons. The number of rotatable bonds is 3. The van der Waals surface area contributed by atoms with Crippen molar-refractivity contribution in [2.45, 2.75) is 26.6 Å². The molecule has 86 valence electrons. The number of carbonyl (C=O) groups excluding carboxylic acids is 1. The molecule has 0 saturated heterocycles. The van der Waals surface area contributed by atoms with Gasteiger partial charge in [-0.15, -0.1) is 22.7 Å². The Labute approximate surface area is 101 Å². The third kappa shape index (κ3) is 2.11. The zero-order valence-electron chi connectivity index (χ0n) is 9.02. The van der Waals surface area contributed by atoms with E-state index in [2.05, 4.69) is 0 Å². The maximum atomic E-state index is 11.8. The third-order valence-electron chi connectivity index (χ3n) is 2.04. The minimum absolute atomic E-state index is 0.0186. The molecule has 2 aromatic heterocycles. The van der Waals surface area contributed by atoms with E-state index in [1.807, 2.05) is 25.3 Å². The molecule has 0 aliphatic rings. The Morgan fingerprint density at radius 3 is 2.94 bits per heavy atom. The summed E-state index contributed by atoms with van der Waals surface area (Å²) >= 11 is 3.03. The van der Waals surface area contributed by atoms with Gasteiger partial charge < -0.3 is 9.84 Å². The first-order valence-electron chi connectivity index (χ1n) is 4.93. The number of carbonyl (C=O) groups is 1. The lowest BCUT2D eigenvalue weighted by Gasteiger charge is -2.06. The first-order valence-corrected chi connectivity index (χ1v) is 6.63. The Morgan fingerprint density at radius 1 is 1.56 bits per heavy atom. The molecule has 0 unspecified atom stereocenters. The molecule has 0 saturated carbocycles. The Kier molecular flexibility index (Phi) is 3.28. The molecule has 0 aliphatic carbocycles. The number of aliphatic hydroxyl groups is 1. The summed E-state index contributed by atoms with van der Waals surface area (Å²) in [6.45, 7) is 3.67. The van der Waals surface area contributed by atoms with Crippen molar-refractivity contribution in [2.75, 3.05) is 0 Å². The van der Waals surface area contributed by atoms with Crippen LogP contribution in [-0.2, 0) is 11.3 Å². The normalized spacial score (nSPS) is 11.2. The molecule has 0 atom stereocenters. The van der Waals surface area contributed by atoms with Crippen molar-refractivity contribution < 1.29 is 14.6 Å². The van der Waals surface area contributed by atoms with Crippen LogP contribution in [0.15, 0.2) is 11.4 Å². The smallest absolute Gasteiger partial charge is 0.339 e. The van der Waals surface area contributed by atoms with Crippen LogP contribution in [0.1, 0.15) is 29.1 Å². The Bertz CT molecular complexity index is 510. The SMILES string of the molecule is CC(C)OC(=O)c1csc2sc(CO)cc12. The number of fused-ring (bicyclic) bond motifs is 1. The maximum absolute atomic E-state index is 11.8. The van der Waals surface area contributed by atoms with Crippen LogP contribution in [0, 0.1) is 0 Å². The van der Waals surface area contributed by atoms with Gasteiger partial charge >= 0.3 is 5.97 Å². The largest absolute Gasteiger partial charge is 0.459 e. The van der Waals surface area contributed by atoms with Gasteiger partial charge in [0.1, 0.15) is 0 Å². The van der Waals surface area contributed by atoms with E-state index >= 15 is 0 Å². The summed E-state index contributed by atoms with van der Waals surface area (Å²) in [5.41, 5.74) is 0.602. The fourth-order valence-electron chi connectivity index (χ4n) is 1.39. The summed E-state index contributed by atoms with van der Waals surface area (Å²) in [5, 5.41) is 11.7. The van der Waals surface area contributed by atoms with E-state index in [4.69, 9.17) is 9.84 Å². The van der Waals surface area contributed by atoms with E-state index in [9.17, 15) is 4.79 Å². The second-order valence-corrected chi connectivity index (χ2v) is 5.95. The number of thiophene rings is 2. The van der Waals surface area contributed by atoms with Crippen molar-refractivity contribution in [3.05, 3.63) is 21.9 Å². The van der Waals surface area contributed by atoms with Gasteiger partial charge in [-0.25, -0.2) is 4.79 Å². The Hall–Kier alpha value is -0.910. The highest BCUT2D eigenvalue weighted by molar-refractivity contribution is 7.37. The second kappa shape index (κ2) is 4.53. The molecule has 2 aromatic rings. The number of aliphatic hydroxyl groups excluding tert-OH is 1. The van der Waals surface area contributed by atoms with Crippen LogP contribution in [0.5, 0.6) is 0 Å². The fraction of sp³-hybridized carbons (Fsp3) is 0.364. The van der Waals surface area contributed by atoms with E-state index in [0.29, 0.717) is 5.56 Å². The van der Waals surface area contributed by atoms with E-state index in [1.165, 1.54) is 22.7 Å². The van der Waals surface area contributed by atoms with Gasteiger partial charge in [0.25, 0.3) is 0 Å². The van der Waals surface area contributed by atoms with Crippen molar-refractivity contribution in [1.82, 2.24) is 0 Å². The number of esters is 1. The molecule has 5 heteroatoms. The quantitative estimate of drug-likeness (QED) is 0.859. The molecule has 2 rings (SSSR count). The third-order valence-corrected chi connectivity index (χ3v) is 4.28. The van der Waals surface area contributed by atoms with Gasteiger partial charge in [0, 0.05) is 15.6 Å². The van der Waals surface area contributed by atoms with E-state index < -0.39 is 0 Å². The molecule has 1 N–H and O–H groups in total. The molecule has 3 nitrogen and oxygen atoms in total. The lowest BCUT2D eigenvalue weighted by Crippen LogP contribution is -2.10. The van der Waals surface area contributed by atoms with E-state index in [-0.39, 0.29) is 18.7 Å². The number of hydrogen-bond donors (Lipinski definition) is 1. The molecule has 0 aromatic carbocycles. The summed E-state index contributed by atoms with van der Waals surface area (Å²) < 4.78 is 6.21. The average Bonchev–Trinajstić information content (AvgIpc) is 2.73. The Morgan fingerprint density at radius 2 is 2.31 bits per heavy atom. The summed E-state index contributed by atoms with van der Waals surface area (Å²) in [6, 6.07) is 1.85. The minimum atomic E-state index is -0.288. The minimum Gasteiger partial charge on any atom is -0.459 e.